The Kier molecular flexibility index (Phi) is 4.39. The maximum Gasteiger partial charge on any atom is 0.491 e. The highest BCUT2D eigenvalue weighted by atomic mass is 35.5. The highest BCUT2D eigenvalue weighted by molar-refractivity contribution is 6.58. The highest BCUT2D eigenvalue weighted by Gasteiger charge is 2.18. The second-order valence-electron chi connectivity index (χ2n) is 4.07. The van der Waals surface area contributed by atoms with Crippen molar-refractivity contribution in [2.24, 2.45) is 0 Å². The Morgan fingerprint density at radius 2 is 1.80 bits per heavy atom. The molecule has 2 aromatic carbocycles. The van der Waals surface area contributed by atoms with Crippen LogP contribution in [0.25, 0.3) is 0 Å². The molecule has 0 heterocycles. The fraction of sp³-hybridized carbons (Fsp3) is 0. The van der Waals surface area contributed by atoms with Gasteiger partial charge in [-0.05, 0) is 36.4 Å². The van der Waals surface area contributed by atoms with E-state index in [-0.39, 0.29) is 11.0 Å². The molecule has 2 aromatic rings. The summed E-state index contributed by atoms with van der Waals surface area (Å²) in [6.07, 6.45) is 0. The summed E-state index contributed by atoms with van der Waals surface area (Å²) in [5.74, 6) is -1.37. The van der Waals surface area contributed by atoms with E-state index < -0.39 is 18.8 Å². The predicted molar refractivity (Wildman–Crippen MR) is 75.6 cm³/mol. The Hall–Kier alpha value is -1.89. The average Bonchev–Trinajstić information content (AvgIpc) is 2.40. The zero-order valence-electron chi connectivity index (χ0n) is 10.2. The van der Waals surface area contributed by atoms with E-state index in [1.54, 1.807) is 24.3 Å². The number of amides is 1. The summed E-state index contributed by atoms with van der Waals surface area (Å²) in [7, 11) is -1.91. The predicted octanol–water partition coefficient (Wildman–Crippen LogP) is 1.41. The van der Waals surface area contributed by atoms with Crippen LogP contribution < -0.4 is 10.8 Å². The van der Waals surface area contributed by atoms with Crippen molar-refractivity contribution in [2.75, 3.05) is 5.32 Å². The van der Waals surface area contributed by atoms with Gasteiger partial charge in [0.1, 0.15) is 5.82 Å². The van der Waals surface area contributed by atoms with E-state index in [2.05, 4.69) is 5.32 Å². The summed E-state index contributed by atoms with van der Waals surface area (Å²) >= 11 is 5.72. The second kappa shape index (κ2) is 6.05. The van der Waals surface area contributed by atoms with Crippen molar-refractivity contribution in [3.05, 3.63) is 58.9 Å². The molecule has 7 heteroatoms. The summed E-state index contributed by atoms with van der Waals surface area (Å²) < 4.78 is 13.5. The van der Waals surface area contributed by atoms with Crippen LogP contribution in [0.15, 0.2) is 42.5 Å². The van der Waals surface area contributed by atoms with Crippen molar-refractivity contribution < 1.29 is 19.2 Å². The molecule has 4 nitrogen and oxygen atoms in total. The van der Waals surface area contributed by atoms with Crippen molar-refractivity contribution in [3.63, 3.8) is 0 Å². The van der Waals surface area contributed by atoms with Gasteiger partial charge in [0.05, 0.1) is 0 Å². The number of halogens is 2. The van der Waals surface area contributed by atoms with Gasteiger partial charge in [0, 0.05) is 21.7 Å². The van der Waals surface area contributed by atoms with Crippen LogP contribution in [0.2, 0.25) is 5.02 Å². The molecule has 0 unspecified atom stereocenters. The molecule has 0 aliphatic rings. The van der Waals surface area contributed by atoms with Gasteiger partial charge in [-0.1, -0.05) is 17.7 Å². The molecule has 0 radical (unpaired) electrons. The number of hydrogen-bond acceptors (Lipinski definition) is 3. The molecule has 2 rings (SSSR count). The fourth-order valence-electron chi connectivity index (χ4n) is 1.61. The molecule has 0 aromatic heterocycles. The second-order valence-corrected chi connectivity index (χ2v) is 4.51. The quantitative estimate of drug-likeness (QED) is 0.750. The van der Waals surface area contributed by atoms with Crippen LogP contribution in [-0.2, 0) is 0 Å². The highest BCUT2D eigenvalue weighted by Crippen LogP contribution is 2.14. The van der Waals surface area contributed by atoms with Crippen LogP contribution in [-0.4, -0.2) is 23.1 Å². The van der Waals surface area contributed by atoms with E-state index in [1.165, 1.54) is 6.07 Å². The molecular formula is C13H10BClFNO3. The van der Waals surface area contributed by atoms with Crippen molar-refractivity contribution in [1.29, 1.82) is 0 Å². The number of hydrogen-bond donors (Lipinski definition) is 3. The van der Waals surface area contributed by atoms with E-state index in [1.807, 2.05) is 0 Å². The molecule has 0 aliphatic carbocycles. The largest absolute Gasteiger partial charge is 0.491 e. The zero-order chi connectivity index (χ0) is 14.7. The molecule has 0 spiro atoms. The Morgan fingerprint density at radius 3 is 2.35 bits per heavy atom. The topological polar surface area (TPSA) is 69.6 Å². The molecular weight excluding hydrogens is 283 g/mol. The average molecular weight is 293 g/mol. The molecule has 0 aliphatic heterocycles. The number of nitrogens with one attached hydrogen (secondary N) is 1. The van der Waals surface area contributed by atoms with Gasteiger partial charge in [-0.3, -0.25) is 4.79 Å². The van der Waals surface area contributed by atoms with Crippen LogP contribution in [0.3, 0.4) is 0 Å². The molecule has 0 atom stereocenters. The van der Waals surface area contributed by atoms with Crippen molar-refractivity contribution in [2.45, 2.75) is 0 Å². The number of carbonyl (C=O) groups excluding carboxylic acids is 1. The van der Waals surface area contributed by atoms with E-state index in [0.29, 0.717) is 10.7 Å². The van der Waals surface area contributed by atoms with Gasteiger partial charge >= 0.3 is 7.12 Å². The number of rotatable bonds is 3. The van der Waals surface area contributed by atoms with Crippen molar-refractivity contribution >= 4 is 35.8 Å². The summed E-state index contributed by atoms with van der Waals surface area (Å²) in [6.45, 7) is 0. The molecule has 0 saturated carbocycles. The van der Waals surface area contributed by atoms with Crippen molar-refractivity contribution in [1.82, 2.24) is 0 Å². The maximum absolute atomic E-state index is 13.5. The third-order valence-electron chi connectivity index (χ3n) is 2.64. The van der Waals surface area contributed by atoms with Gasteiger partial charge in [-0.2, -0.15) is 0 Å². The van der Waals surface area contributed by atoms with Crippen LogP contribution in [0.5, 0.6) is 0 Å². The third-order valence-corrected chi connectivity index (χ3v) is 2.89. The Bertz CT molecular complexity index is 634. The lowest BCUT2D eigenvalue weighted by atomic mass is 9.79. The summed E-state index contributed by atoms with van der Waals surface area (Å²) in [4.78, 5) is 11.9. The minimum absolute atomic E-state index is 0.0712. The van der Waals surface area contributed by atoms with E-state index in [4.69, 9.17) is 21.6 Å². The summed E-state index contributed by atoms with van der Waals surface area (Å²) in [5, 5.41) is 20.9. The standard InChI is InChI=1S/C13H10BClFNO3/c15-9-2-4-10(5-3-9)17-13(18)8-1-6-11(14(19)20)12(16)7-8/h1-7,19-20H,(H,17,18). The lowest BCUT2D eigenvalue weighted by Gasteiger charge is -2.07. The smallest absolute Gasteiger partial charge is 0.423 e. The monoisotopic (exact) mass is 293 g/mol. The minimum Gasteiger partial charge on any atom is -0.423 e. The zero-order valence-corrected chi connectivity index (χ0v) is 10.9. The van der Waals surface area contributed by atoms with Gasteiger partial charge in [-0.15, -0.1) is 0 Å². The molecule has 0 saturated heterocycles. The molecule has 3 N–H and O–H groups in total. The molecule has 0 bridgehead atoms. The first-order chi connectivity index (χ1) is 9.47. The Balaban J connectivity index is 2.17. The first kappa shape index (κ1) is 14.5. The Morgan fingerprint density at radius 1 is 1.15 bits per heavy atom. The van der Waals surface area contributed by atoms with Gasteiger partial charge in [0.25, 0.3) is 5.91 Å². The van der Waals surface area contributed by atoms with E-state index >= 15 is 0 Å². The lowest BCUT2D eigenvalue weighted by Crippen LogP contribution is -2.33. The summed E-state index contributed by atoms with van der Waals surface area (Å²) in [5.41, 5.74) is 0.306. The van der Waals surface area contributed by atoms with Crippen LogP contribution >= 0.6 is 11.6 Å². The van der Waals surface area contributed by atoms with Crippen molar-refractivity contribution in [3.8, 4) is 0 Å². The fourth-order valence-corrected chi connectivity index (χ4v) is 1.74. The SMILES string of the molecule is O=C(Nc1ccc(Cl)cc1)c1ccc(B(O)O)c(F)c1. The van der Waals surface area contributed by atoms with Crippen LogP contribution in [0.1, 0.15) is 10.4 Å². The van der Waals surface area contributed by atoms with Gasteiger partial charge in [-0.25, -0.2) is 4.39 Å². The molecule has 1 amide bonds. The van der Waals surface area contributed by atoms with E-state index in [0.717, 1.165) is 12.1 Å². The number of anilines is 1. The lowest BCUT2D eigenvalue weighted by molar-refractivity contribution is 0.102. The molecule has 102 valence electrons. The van der Waals surface area contributed by atoms with Crippen LogP contribution in [0, 0.1) is 5.82 Å². The normalized spacial score (nSPS) is 10.2. The first-order valence-electron chi connectivity index (χ1n) is 5.70. The third kappa shape index (κ3) is 3.36. The minimum atomic E-state index is -1.91. The van der Waals surface area contributed by atoms with Gasteiger partial charge in [0.15, 0.2) is 0 Å². The van der Waals surface area contributed by atoms with Crippen LogP contribution in [0.4, 0.5) is 10.1 Å². The maximum atomic E-state index is 13.5. The summed E-state index contributed by atoms with van der Waals surface area (Å²) in [6, 6.07) is 9.86. The molecule has 0 fully saturated rings. The molecule has 20 heavy (non-hydrogen) atoms. The number of benzene rings is 2. The van der Waals surface area contributed by atoms with Gasteiger partial charge < -0.3 is 15.4 Å². The van der Waals surface area contributed by atoms with E-state index in [9.17, 15) is 9.18 Å². The van der Waals surface area contributed by atoms with Gasteiger partial charge in [0.2, 0.25) is 0 Å². The first-order valence-corrected chi connectivity index (χ1v) is 6.07. The Labute approximate surface area is 120 Å². The number of carbonyl (C=O) groups is 1.